The van der Waals surface area contributed by atoms with E-state index in [0.29, 0.717) is 34.1 Å². The van der Waals surface area contributed by atoms with Crippen molar-refractivity contribution in [3.8, 4) is 5.75 Å². The van der Waals surface area contributed by atoms with E-state index < -0.39 is 5.97 Å². The fourth-order valence-corrected chi connectivity index (χ4v) is 2.84. The first kappa shape index (κ1) is 21.1. The Hall–Kier alpha value is -3.64. The topological polar surface area (TPSA) is 84.5 Å². The average molecular weight is 423 g/mol. The molecule has 0 aliphatic carbocycles. The van der Waals surface area contributed by atoms with Crippen LogP contribution in [0.15, 0.2) is 72.8 Å². The van der Waals surface area contributed by atoms with Crippen molar-refractivity contribution in [1.82, 2.24) is 5.32 Å². The SMILES string of the molecule is CC(=O)Oc1cccc(C(=O)Nc2cccc(CNC(=O)c3ccc(Cl)cc3)c2)c1. The molecule has 0 atom stereocenters. The fourth-order valence-electron chi connectivity index (χ4n) is 2.71. The van der Waals surface area contributed by atoms with Gasteiger partial charge in [-0.05, 0) is 60.2 Å². The van der Waals surface area contributed by atoms with Crippen LogP contribution in [0.5, 0.6) is 5.75 Å². The standard InChI is InChI=1S/C23H19ClN2O4/c1-15(27)30-21-7-3-5-18(13-21)23(29)26-20-6-2-4-16(12-20)14-25-22(28)17-8-10-19(24)11-9-17/h2-13H,14H2,1H3,(H,25,28)(H,26,29). The number of nitrogens with one attached hydrogen (secondary N) is 2. The second-order valence-corrected chi connectivity index (χ2v) is 6.90. The minimum Gasteiger partial charge on any atom is -0.427 e. The van der Waals surface area contributed by atoms with E-state index in [1.807, 2.05) is 6.07 Å². The van der Waals surface area contributed by atoms with Crippen LogP contribution >= 0.6 is 11.6 Å². The maximum absolute atomic E-state index is 12.5. The first-order valence-electron chi connectivity index (χ1n) is 9.13. The Morgan fingerprint density at radius 3 is 2.33 bits per heavy atom. The Labute approximate surface area is 178 Å². The lowest BCUT2D eigenvalue weighted by Gasteiger charge is -2.10. The molecule has 3 rings (SSSR count). The zero-order valence-electron chi connectivity index (χ0n) is 16.1. The van der Waals surface area contributed by atoms with Gasteiger partial charge in [0.2, 0.25) is 0 Å². The van der Waals surface area contributed by atoms with Gasteiger partial charge >= 0.3 is 5.97 Å². The Balaban J connectivity index is 1.62. The quantitative estimate of drug-likeness (QED) is 0.454. The molecule has 0 heterocycles. The van der Waals surface area contributed by atoms with Crippen LogP contribution in [0.4, 0.5) is 5.69 Å². The third-order valence-corrected chi connectivity index (χ3v) is 4.35. The fraction of sp³-hybridized carbons (Fsp3) is 0.0870. The molecule has 3 aromatic rings. The van der Waals surface area contributed by atoms with Crippen LogP contribution in [0.1, 0.15) is 33.2 Å². The van der Waals surface area contributed by atoms with Crippen LogP contribution in [-0.4, -0.2) is 17.8 Å². The lowest BCUT2D eigenvalue weighted by Crippen LogP contribution is -2.22. The number of carbonyl (C=O) groups is 3. The van der Waals surface area contributed by atoms with Crippen molar-refractivity contribution in [3.05, 3.63) is 94.5 Å². The highest BCUT2D eigenvalue weighted by Gasteiger charge is 2.09. The molecule has 0 spiro atoms. The number of hydrogen-bond acceptors (Lipinski definition) is 4. The molecule has 2 amide bonds. The van der Waals surface area contributed by atoms with E-state index in [4.69, 9.17) is 16.3 Å². The maximum Gasteiger partial charge on any atom is 0.308 e. The largest absolute Gasteiger partial charge is 0.427 e. The summed E-state index contributed by atoms with van der Waals surface area (Å²) in [6.07, 6.45) is 0. The summed E-state index contributed by atoms with van der Waals surface area (Å²) in [5, 5.41) is 6.19. The summed E-state index contributed by atoms with van der Waals surface area (Å²) in [7, 11) is 0. The van der Waals surface area contributed by atoms with Crippen molar-refractivity contribution in [2.24, 2.45) is 0 Å². The van der Waals surface area contributed by atoms with E-state index in [1.165, 1.54) is 13.0 Å². The summed E-state index contributed by atoms with van der Waals surface area (Å²) < 4.78 is 5.01. The first-order valence-corrected chi connectivity index (χ1v) is 9.51. The maximum atomic E-state index is 12.5. The second-order valence-electron chi connectivity index (χ2n) is 6.47. The minimum atomic E-state index is -0.457. The molecule has 2 N–H and O–H groups in total. The molecule has 0 aliphatic heterocycles. The van der Waals surface area contributed by atoms with Crippen molar-refractivity contribution in [1.29, 1.82) is 0 Å². The summed E-state index contributed by atoms with van der Waals surface area (Å²) >= 11 is 5.84. The van der Waals surface area contributed by atoms with Gasteiger partial charge in [0.25, 0.3) is 11.8 Å². The van der Waals surface area contributed by atoms with Gasteiger partial charge in [-0.3, -0.25) is 14.4 Å². The molecule has 0 bridgehead atoms. The lowest BCUT2D eigenvalue weighted by molar-refractivity contribution is -0.131. The zero-order valence-corrected chi connectivity index (χ0v) is 16.9. The Morgan fingerprint density at radius 2 is 1.60 bits per heavy atom. The van der Waals surface area contributed by atoms with Crippen LogP contribution in [-0.2, 0) is 11.3 Å². The smallest absolute Gasteiger partial charge is 0.308 e. The van der Waals surface area contributed by atoms with E-state index in [9.17, 15) is 14.4 Å². The molecule has 0 saturated heterocycles. The van der Waals surface area contributed by atoms with Crippen LogP contribution < -0.4 is 15.4 Å². The molecular formula is C23H19ClN2O4. The number of hydrogen-bond donors (Lipinski definition) is 2. The highest BCUT2D eigenvalue weighted by molar-refractivity contribution is 6.30. The van der Waals surface area contributed by atoms with Gasteiger partial charge in [-0.1, -0.05) is 29.8 Å². The third kappa shape index (κ3) is 5.93. The van der Waals surface area contributed by atoms with Gasteiger partial charge in [-0.15, -0.1) is 0 Å². The lowest BCUT2D eigenvalue weighted by atomic mass is 10.1. The third-order valence-electron chi connectivity index (χ3n) is 4.10. The van der Waals surface area contributed by atoms with Gasteiger partial charge < -0.3 is 15.4 Å². The van der Waals surface area contributed by atoms with Crippen molar-refractivity contribution in [2.45, 2.75) is 13.5 Å². The van der Waals surface area contributed by atoms with E-state index in [-0.39, 0.29) is 11.8 Å². The van der Waals surface area contributed by atoms with Gasteiger partial charge in [0.1, 0.15) is 5.75 Å². The first-order chi connectivity index (χ1) is 14.4. The molecule has 0 radical (unpaired) electrons. The number of carbonyl (C=O) groups excluding carboxylic acids is 3. The van der Waals surface area contributed by atoms with Crippen LogP contribution in [0.3, 0.4) is 0 Å². The number of anilines is 1. The summed E-state index contributed by atoms with van der Waals surface area (Å²) in [5.74, 6) is -0.718. The van der Waals surface area contributed by atoms with E-state index in [0.717, 1.165) is 5.56 Å². The van der Waals surface area contributed by atoms with Crippen LogP contribution in [0.2, 0.25) is 5.02 Å². The predicted octanol–water partition coefficient (Wildman–Crippen LogP) is 4.45. The monoisotopic (exact) mass is 422 g/mol. The van der Waals surface area contributed by atoms with Crippen LogP contribution in [0, 0.1) is 0 Å². The summed E-state index contributed by atoms with van der Waals surface area (Å²) in [6.45, 7) is 1.59. The molecule has 0 aromatic heterocycles. The molecule has 0 unspecified atom stereocenters. The summed E-state index contributed by atoms with van der Waals surface area (Å²) in [5.41, 5.74) is 2.27. The molecule has 3 aromatic carbocycles. The number of halogens is 1. The molecule has 0 fully saturated rings. The van der Waals surface area contributed by atoms with Gasteiger partial charge in [0.05, 0.1) is 0 Å². The molecular weight excluding hydrogens is 404 g/mol. The Morgan fingerprint density at radius 1 is 0.867 bits per heavy atom. The number of ether oxygens (including phenoxy) is 1. The van der Waals surface area contributed by atoms with E-state index >= 15 is 0 Å². The number of rotatable bonds is 6. The van der Waals surface area contributed by atoms with Gasteiger partial charge in [-0.25, -0.2) is 0 Å². The highest BCUT2D eigenvalue weighted by atomic mass is 35.5. The highest BCUT2D eigenvalue weighted by Crippen LogP contribution is 2.17. The number of benzene rings is 3. The zero-order chi connectivity index (χ0) is 21.5. The van der Waals surface area contributed by atoms with Gasteiger partial charge in [0, 0.05) is 35.3 Å². The van der Waals surface area contributed by atoms with E-state index in [1.54, 1.807) is 60.7 Å². The summed E-state index contributed by atoms with van der Waals surface area (Å²) in [6, 6.07) is 20.1. The molecule has 7 heteroatoms. The van der Waals surface area contributed by atoms with Crippen molar-refractivity contribution in [3.63, 3.8) is 0 Å². The molecule has 6 nitrogen and oxygen atoms in total. The predicted molar refractivity (Wildman–Crippen MR) is 115 cm³/mol. The molecule has 152 valence electrons. The molecule has 0 aliphatic rings. The van der Waals surface area contributed by atoms with Gasteiger partial charge in [-0.2, -0.15) is 0 Å². The van der Waals surface area contributed by atoms with Crippen LogP contribution in [0.25, 0.3) is 0 Å². The Bertz CT molecular complexity index is 1080. The average Bonchev–Trinajstić information content (AvgIpc) is 2.72. The van der Waals surface area contributed by atoms with Crippen molar-refractivity contribution < 1.29 is 19.1 Å². The number of amides is 2. The number of esters is 1. The Kier molecular flexibility index (Phi) is 6.83. The van der Waals surface area contributed by atoms with E-state index in [2.05, 4.69) is 10.6 Å². The van der Waals surface area contributed by atoms with Crippen molar-refractivity contribution in [2.75, 3.05) is 5.32 Å². The van der Waals surface area contributed by atoms with Crippen molar-refractivity contribution >= 4 is 35.1 Å². The molecule has 30 heavy (non-hydrogen) atoms. The van der Waals surface area contributed by atoms with Gasteiger partial charge in [0.15, 0.2) is 0 Å². The normalized spacial score (nSPS) is 10.2. The second kappa shape index (κ2) is 9.71. The minimum absolute atomic E-state index is 0.219. The molecule has 0 saturated carbocycles. The summed E-state index contributed by atoms with van der Waals surface area (Å²) in [4.78, 5) is 35.8.